The maximum Gasteiger partial charge on any atom is 0.0528 e. The molecule has 1 fully saturated rings. The Hall–Kier alpha value is -1.05. The maximum atomic E-state index is 4.13. The van der Waals surface area contributed by atoms with E-state index in [0.717, 1.165) is 11.6 Å². The van der Waals surface area contributed by atoms with Gasteiger partial charge in [-0.25, -0.2) is 0 Å². The normalized spacial score (nSPS) is 27.0. The van der Waals surface area contributed by atoms with E-state index in [1.807, 2.05) is 18.5 Å². The van der Waals surface area contributed by atoms with Crippen LogP contribution in [0.5, 0.6) is 0 Å². The third kappa shape index (κ3) is 3.22. The molecule has 1 aromatic heterocycles. The summed E-state index contributed by atoms with van der Waals surface area (Å²) < 4.78 is 0. The van der Waals surface area contributed by atoms with E-state index >= 15 is 0 Å². The van der Waals surface area contributed by atoms with Crippen LogP contribution in [0.1, 0.15) is 39.0 Å². The zero-order valence-corrected chi connectivity index (χ0v) is 9.45. The first kappa shape index (κ1) is 10.5. The van der Waals surface area contributed by atoms with Crippen molar-refractivity contribution in [1.29, 1.82) is 0 Å². The predicted molar refractivity (Wildman–Crippen MR) is 63.9 cm³/mol. The molecular formula is C13H20N2. The first-order valence-corrected chi connectivity index (χ1v) is 6.01. The standard InChI is InChI=1S/C13H20N2/c1-11-4-2-5-12(8-7-11)15-13-6-3-9-14-10-13/h3,6,9-12,15H,2,4-5,7-8H2,1H3. The van der Waals surface area contributed by atoms with E-state index in [2.05, 4.69) is 23.3 Å². The molecule has 0 aliphatic heterocycles. The molecule has 1 aliphatic rings. The van der Waals surface area contributed by atoms with Gasteiger partial charge in [0.15, 0.2) is 0 Å². The average molecular weight is 204 g/mol. The van der Waals surface area contributed by atoms with Gasteiger partial charge in [-0.2, -0.15) is 0 Å². The summed E-state index contributed by atoms with van der Waals surface area (Å²) >= 11 is 0. The highest BCUT2D eigenvalue weighted by atomic mass is 14.9. The smallest absolute Gasteiger partial charge is 0.0528 e. The van der Waals surface area contributed by atoms with Crippen molar-refractivity contribution in [1.82, 2.24) is 4.98 Å². The van der Waals surface area contributed by atoms with Gasteiger partial charge in [0.1, 0.15) is 0 Å². The SMILES string of the molecule is CC1CCCC(Nc2cccnc2)CC1. The summed E-state index contributed by atoms with van der Waals surface area (Å²) in [6.45, 7) is 2.37. The molecule has 0 spiro atoms. The first-order chi connectivity index (χ1) is 7.34. The van der Waals surface area contributed by atoms with Crippen molar-refractivity contribution in [3.8, 4) is 0 Å². The molecule has 0 bridgehead atoms. The van der Waals surface area contributed by atoms with Gasteiger partial charge in [-0.1, -0.05) is 19.8 Å². The van der Waals surface area contributed by atoms with E-state index in [0.29, 0.717) is 6.04 Å². The van der Waals surface area contributed by atoms with Crippen LogP contribution in [-0.4, -0.2) is 11.0 Å². The molecule has 2 heteroatoms. The van der Waals surface area contributed by atoms with Gasteiger partial charge in [-0.05, 0) is 37.3 Å². The van der Waals surface area contributed by atoms with Gasteiger partial charge in [0.2, 0.25) is 0 Å². The fourth-order valence-corrected chi connectivity index (χ4v) is 2.32. The molecular weight excluding hydrogens is 184 g/mol. The van der Waals surface area contributed by atoms with Gasteiger partial charge in [0.25, 0.3) is 0 Å². The number of hydrogen-bond donors (Lipinski definition) is 1. The number of rotatable bonds is 2. The van der Waals surface area contributed by atoms with Crippen LogP contribution in [0.2, 0.25) is 0 Å². The molecule has 1 N–H and O–H groups in total. The summed E-state index contributed by atoms with van der Waals surface area (Å²) in [6, 6.07) is 4.74. The van der Waals surface area contributed by atoms with Gasteiger partial charge in [-0.15, -0.1) is 0 Å². The van der Waals surface area contributed by atoms with Crippen LogP contribution in [0.25, 0.3) is 0 Å². The van der Waals surface area contributed by atoms with Gasteiger partial charge < -0.3 is 5.32 Å². The number of pyridine rings is 1. The Labute approximate surface area is 92.1 Å². The molecule has 1 aliphatic carbocycles. The molecule has 1 heterocycles. The minimum atomic E-state index is 0.652. The summed E-state index contributed by atoms with van der Waals surface area (Å²) in [5.41, 5.74) is 1.16. The van der Waals surface area contributed by atoms with Crippen LogP contribution < -0.4 is 5.32 Å². The number of aromatic nitrogens is 1. The second-order valence-electron chi connectivity index (χ2n) is 4.70. The summed E-state index contributed by atoms with van der Waals surface area (Å²) in [7, 11) is 0. The lowest BCUT2D eigenvalue weighted by molar-refractivity contribution is 0.502. The van der Waals surface area contributed by atoms with Crippen molar-refractivity contribution in [2.45, 2.75) is 45.1 Å². The third-order valence-corrected chi connectivity index (χ3v) is 3.29. The topological polar surface area (TPSA) is 24.9 Å². The van der Waals surface area contributed by atoms with Gasteiger partial charge in [0.05, 0.1) is 5.69 Å². The lowest BCUT2D eigenvalue weighted by Crippen LogP contribution is -2.18. The molecule has 15 heavy (non-hydrogen) atoms. The van der Waals surface area contributed by atoms with E-state index < -0.39 is 0 Å². The zero-order chi connectivity index (χ0) is 10.5. The fraction of sp³-hybridized carbons (Fsp3) is 0.615. The largest absolute Gasteiger partial charge is 0.381 e. The summed E-state index contributed by atoms with van der Waals surface area (Å²) in [4.78, 5) is 4.13. The third-order valence-electron chi connectivity index (χ3n) is 3.29. The maximum absolute atomic E-state index is 4.13. The molecule has 0 radical (unpaired) electrons. The molecule has 82 valence electrons. The Kier molecular flexibility index (Phi) is 3.59. The number of hydrogen-bond acceptors (Lipinski definition) is 2. The van der Waals surface area contributed by atoms with E-state index in [-0.39, 0.29) is 0 Å². The number of nitrogens with one attached hydrogen (secondary N) is 1. The van der Waals surface area contributed by atoms with Gasteiger partial charge >= 0.3 is 0 Å². The Morgan fingerprint density at radius 1 is 1.27 bits per heavy atom. The molecule has 1 saturated carbocycles. The fourth-order valence-electron chi connectivity index (χ4n) is 2.32. The van der Waals surface area contributed by atoms with Crippen LogP contribution in [0, 0.1) is 5.92 Å². The Morgan fingerprint density at radius 2 is 2.20 bits per heavy atom. The second-order valence-corrected chi connectivity index (χ2v) is 4.70. The quantitative estimate of drug-likeness (QED) is 0.746. The Balaban J connectivity index is 1.89. The van der Waals surface area contributed by atoms with Crippen molar-refractivity contribution in [3.63, 3.8) is 0 Å². The van der Waals surface area contributed by atoms with Crippen molar-refractivity contribution >= 4 is 5.69 Å². The van der Waals surface area contributed by atoms with E-state index in [9.17, 15) is 0 Å². The second kappa shape index (κ2) is 5.15. The zero-order valence-electron chi connectivity index (χ0n) is 9.45. The summed E-state index contributed by atoms with van der Waals surface area (Å²) in [6.07, 6.45) is 10.5. The molecule has 0 amide bonds. The average Bonchev–Trinajstić information content (AvgIpc) is 2.46. The molecule has 0 saturated heterocycles. The van der Waals surface area contributed by atoms with Gasteiger partial charge in [-0.3, -0.25) is 4.98 Å². The lowest BCUT2D eigenvalue weighted by atomic mass is 10.0. The van der Waals surface area contributed by atoms with Crippen molar-refractivity contribution in [3.05, 3.63) is 24.5 Å². The summed E-state index contributed by atoms with van der Waals surface area (Å²) in [5, 5.41) is 3.58. The van der Waals surface area contributed by atoms with E-state index in [1.54, 1.807) is 0 Å². The van der Waals surface area contributed by atoms with Crippen molar-refractivity contribution in [2.75, 3.05) is 5.32 Å². The van der Waals surface area contributed by atoms with E-state index in [4.69, 9.17) is 0 Å². The molecule has 2 nitrogen and oxygen atoms in total. The van der Waals surface area contributed by atoms with E-state index in [1.165, 1.54) is 32.1 Å². The van der Waals surface area contributed by atoms with Crippen LogP contribution in [0.15, 0.2) is 24.5 Å². The Bertz CT molecular complexity index is 284. The highest BCUT2D eigenvalue weighted by molar-refractivity contribution is 5.40. The van der Waals surface area contributed by atoms with Crippen LogP contribution >= 0.6 is 0 Å². The molecule has 0 aromatic carbocycles. The highest BCUT2D eigenvalue weighted by Gasteiger charge is 2.15. The molecule has 2 unspecified atom stereocenters. The van der Waals surface area contributed by atoms with Crippen LogP contribution in [0.3, 0.4) is 0 Å². The molecule has 2 atom stereocenters. The van der Waals surface area contributed by atoms with Crippen molar-refractivity contribution in [2.24, 2.45) is 5.92 Å². The Morgan fingerprint density at radius 3 is 3.00 bits per heavy atom. The monoisotopic (exact) mass is 204 g/mol. The predicted octanol–water partition coefficient (Wildman–Crippen LogP) is 3.46. The number of anilines is 1. The minimum Gasteiger partial charge on any atom is -0.381 e. The molecule has 1 aromatic rings. The lowest BCUT2D eigenvalue weighted by Gasteiger charge is -2.17. The van der Waals surface area contributed by atoms with Crippen LogP contribution in [0.4, 0.5) is 5.69 Å². The van der Waals surface area contributed by atoms with Crippen molar-refractivity contribution < 1.29 is 0 Å². The molecule has 2 rings (SSSR count). The summed E-state index contributed by atoms with van der Waals surface area (Å²) in [5.74, 6) is 0.908. The highest BCUT2D eigenvalue weighted by Crippen LogP contribution is 2.24. The van der Waals surface area contributed by atoms with Crippen LogP contribution in [-0.2, 0) is 0 Å². The number of nitrogens with zero attached hydrogens (tertiary/aromatic N) is 1. The van der Waals surface area contributed by atoms with Gasteiger partial charge in [0, 0.05) is 18.4 Å². The minimum absolute atomic E-state index is 0.652. The first-order valence-electron chi connectivity index (χ1n) is 6.01.